The molecule has 0 saturated heterocycles. The molecule has 0 unspecified atom stereocenters. The Morgan fingerprint density at radius 2 is 1.28 bits per heavy atom. The van der Waals surface area contributed by atoms with Gasteiger partial charge in [-0.05, 0) is 23.6 Å². The zero-order valence-electron chi connectivity index (χ0n) is 12.0. The maximum absolute atomic E-state index is 11.3. The first-order valence-electron chi connectivity index (χ1n) is 6.13. The van der Waals surface area contributed by atoms with Gasteiger partial charge in [0.2, 0.25) is 0 Å². The van der Waals surface area contributed by atoms with Crippen LogP contribution in [0.1, 0.15) is 0 Å². The van der Waals surface area contributed by atoms with Gasteiger partial charge in [-0.1, -0.05) is 0 Å². The minimum Gasteiger partial charge on any atom is -0.507 e. The summed E-state index contributed by atoms with van der Waals surface area (Å²) in [7, 11) is -14.0. The Hall–Kier alpha value is -1.97. The van der Waals surface area contributed by atoms with Gasteiger partial charge in [-0.15, -0.1) is 0 Å². The predicted octanol–water partition coefficient (Wildman–Crippen LogP) is 0.296. The number of anilines is 1. The third kappa shape index (κ3) is 4.56. The van der Waals surface area contributed by atoms with Crippen molar-refractivity contribution in [3.63, 3.8) is 0 Å². The maximum atomic E-state index is 11.3. The van der Waals surface area contributed by atoms with Gasteiger partial charge in [-0.2, -0.15) is 25.3 Å². The molecule has 11 nitrogen and oxygen atoms in total. The number of rotatable bonds is 5. The minimum absolute atomic E-state index is 0.205. The molecule has 0 bridgehead atoms. The lowest BCUT2D eigenvalue weighted by Gasteiger charge is -2.13. The molecule has 138 valence electrons. The first-order chi connectivity index (χ1) is 11.2. The summed E-state index contributed by atoms with van der Waals surface area (Å²) in [4.78, 5) is -1.50. The van der Waals surface area contributed by atoms with Gasteiger partial charge in [0.25, 0.3) is 30.4 Å². The molecule has 0 aliphatic rings. The number of phenols is 1. The molecule has 0 amide bonds. The lowest BCUT2D eigenvalue weighted by Crippen LogP contribution is -2.13. The van der Waals surface area contributed by atoms with Crippen LogP contribution in [0.3, 0.4) is 0 Å². The normalized spacial score (nSPS) is 13.1. The van der Waals surface area contributed by atoms with Crippen molar-refractivity contribution in [3.8, 4) is 5.75 Å². The molecular weight excluding hydrogens is 402 g/mol. The molecular formula is C11H11NO10S3. The number of phenolic OH excluding ortho intramolecular Hbond substituents is 1. The van der Waals surface area contributed by atoms with Crippen LogP contribution in [0, 0.1) is 0 Å². The van der Waals surface area contributed by atoms with E-state index in [-0.39, 0.29) is 16.5 Å². The van der Waals surface area contributed by atoms with E-state index in [0.29, 0.717) is 6.07 Å². The van der Waals surface area contributed by atoms with E-state index >= 15 is 0 Å². The smallest absolute Gasteiger partial charge is 0.294 e. The van der Waals surface area contributed by atoms with E-state index in [4.69, 9.17) is 13.7 Å². The van der Waals surface area contributed by atoms with Crippen LogP contribution in [0.5, 0.6) is 5.75 Å². The van der Waals surface area contributed by atoms with Crippen molar-refractivity contribution in [1.82, 2.24) is 0 Å². The number of hydrogen-bond acceptors (Lipinski definition) is 8. The van der Waals surface area contributed by atoms with E-state index < -0.39 is 51.8 Å². The second kappa shape index (κ2) is 6.08. The van der Waals surface area contributed by atoms with E-state index in [1.54, 1.807) is 0 Å². The zero-order chi connectivity index (χ0) is 19.2. The Bertz CT molecular complexity index is 1160. The zero-order valence-corrected chi connectivity index (χ0v) is 14.4. The van der Waals surface area contributed by atoms with Crippen molar-refractivity contribution in [2.45, 2.75) is 9.79 Å². The lowest BCUT2D eigenvalue weighted by molar-refractivity contribution is 0.471. The lowest BCUT2D eigenvalue weighted by atomic mass is 10.1. The van der Waals surface area contributed by atoms with Crippen LogP contribution in [-0.2, 0) is 30.4 Å². The number of benzene rings is 2. The highest BCUT2D eigenvalue weighted by atomic mass is 32.2. The average molecular weight is 413 g/mol. The summed E-state index contributed by atoms with van der Waals surface area (Å²) in [6.07, 6.45) is 0. The summed E-state index contributed by atoms with van der Waals surface area (Å²) in [5, 5.41) is 11.7. The summed E-state index contributed by atoms with van der Waals surface area (Å²) in [6, 6.07) is 3.04. The highest BCUT2D eigenvalue weighted by Crippen LogP contribution is 2.36. The fraction of sp³-hybridized carbons (Fsp3) is 0.0909. The molecule has 0 spiro atoms. The average Bonchev–Trinajstić information content (AvgIpc) is 2.41. The molecule has 2 rings (SSSR count). The van der Waals surface area contributed by atoms with Gasteiger partial charge in [0, 0.05) is 17.1 Å². The van der Waals surface area contributed by atoms with Gasteiger partial charge in [0.1, 0.15) is 11.6 Å². The summed E-state index contributed by atoms with van der Waals surface area (Å²) >= 11 is 0. The van der Waals surface area contributed by atoms with Crippen LogP contribution in [0.2, 0.25) is 0 Å². The molecule has 0 heterocycles. The second-order valence-electron chi connectivity index (χ2n) is 4.86. The van der Waals surface area contributed by atoms with Gasteiger partial charge >= 0.3 is 0 Å². The van der Waals surface area contributed by atoms with Gasteiger partial charge in [0.05, 0.1) is 9.79 Å². The monoisotopic (exact) mass is 413 g/mol. The Morgan fingerprint density at radius 1 is 0.800 bits per heavy atom. The first-order valence-corrected chi connectivity index (χ1v) is 10.6. The van der Waals surface area contributed by atoms with Crippen molar-refractivity contribution in [2.24, 2.45) is 0 Å². The maximum Gasteiger partial charge on any atom is 0.294 e. The molecule has 0 radical (unpaired) electrons. The van der Waals surface area contributed by atoms with Crippen molar-refractivity contribution in [2.75, 3.05) is 11.2 Å². The second-order valence-corrected chi connectivity index (χ2v) is 9.16. The molecule has 0 atom stereocenters. The fourth-order valence-electron chi connectivity index (χ4n) is 2.04. The third-order valence-corrected chi connectivity index (χ3v) is 5.19. The van der Waals surface area contributed by atoms with E-state index in [1.807, 2.05) is 0 Å². The molecule has 0 aliphatic heterocycles. The third-order valence-electron chi connectivity index (χ3n) is 3.02. The minimum atomic E-state index is -4.78. The molecule has 14 heteroatoms. The van der Waals surface area contributed by atoms with Crippen LogP contribution >= 0.6 is 0 Å². The van der Waals surface area contributed by atoms with Crippen molar-refractivity contribution in [1.29, 1.82) is 0 Å². The predicted molar refractivity (Wildman–Crippen MR) is 85.3 cm³/mol. The standard InChI is InChI=1S/C11H11NO10S3/c13-10-4-8(25(20,21)22)2-6-1-7(24(17,18)19)3-9(11(6)10)12-5-23(14,15)16/h1-4,12-13H,5H2,(H,14,15,16)(H,17,18,19)(H,20,21,22). The van der Waals surface area contributed by atoms with E-state index in [0.717, 1.165) is 18.2 Å². The Balaban J connectivity index is 2.85. The largest absolute Gasteiger partial charge is 0.507 e. The summed E-state index contributed by atoms with van der Waals surface area (Å²) < 4.78 is 93.7. The fourth-order valence-corrected chi connectivity index (χ4v) is 3.46. The van der Waals surface area contributed by atoms with Gasteiger partial charge in [-0.3, -0.25) is 13.7 Å². The summed E-state index contributed by atoms with van der Waals surface area (Å²) in [6.45, 7) is 0. The topological polar surface area (TPSA) is 195 Å². The van der Waals surface area contributed by atoms with Crippen molar-refractivity contribution >= 4 is 46.8 Å². The van der Waals surface area contributed by atoms with Crippen molar-refractivity contribution in [3.05, 3.63) is 24.3 Å². The first kappa shape index (κ1) is 19.4. The van der Waals surface area contributed by atoms with Crippen LogP contribution in [0.15, 0.2) is 34.1 Å². The summed E-state index contributed by atoms with van der Waals surface area (Å²) in [5.41, 5.74) is -0.331. The highest BCUT2D eigenvalue weighted by molar-refractivity contribution is 7.86. The molecule has 0 fully saturated rings. The Labute approximate surface area is 142 Å². The van der Waals surface area contributed by atoms with Crippen LogP contribution in [0.25, 0.3) is 10.8 Å². The Kier molecular flexibility index (Phi) is 4.71. The van der Waals surface area contributed by atoms with Crippen LogP contribution < -0.4 is 5.32 Å². The van der Waals surface area contributed by atoms with E-state index in [1.165, 1.54) is 0 Å². The SMILES string of the molecule is O=S(=O)(O)CNc1cc(S(=O)(=O)O)cc2cc(S(=O)(=O)O)cc(O)c12. The van der Waals surface area contributed by atoms with Gasteiger partial charge in [0.15, 0.2) is 0 Å². The van der Waals surface area contributed by atoms with Gasteiger partial charge in [-0.25, -0.2) is 0 Å². The number of nitrogens with one attached hydrogen (secondary N) is 1. The summed E-state index contributed by atoms with van der Waals surface area (Å²) in [5.74, 6) is -1.79. The molecule has 0 aliphatic carbocycles. The molecule has 5 N–H and O–H groups in total. The number of hydrogen-bond donors (Lipinski definition) is 5. The van der Waals surface area contributed by atoms with Crippen LogP contribution in [0.4, 0.5) is 5.69 Å². The van der Waals surface area contributed by atoms with Crippen LogP contribution in [-0.4, -0.2) is 49.9 Å². The molecule has 25 heavy (non-hydrogen) atoms. The molecule has 0 aromatic heterocycles. The van der Waals surface area contributed by atoms with Gasteiger partial charge < -0.3 is 10.4 Å². The number of aromatic hydroxyl groups is 1. The quantitative estimate of drug-likeness (QED) is 0.423. The number of fused-ring (bicyclic) bond motifs is 1. The molecule has 0 saturated carbocycles. The van der Waals surface area contributed by atoms with E-state index in [2.05, 4.69) is 5.32 Å². The van der Waals surface area contributed by atoms with Crippen molar-refractivity contribution < 1.29 is 44.0 Å². The molecule has 2 aromatic rings. The molecule has 2 aromatic carbocycles. The Morgan fingerprint density at radius 3 is 1.72 bits per heavy atom. The van der Waals surface area contributed by atoms with E-state index in [9.17, 15) is 30.4 Å². The highest BCUT2D eigenvalue weighted by Gasteiger charge is 2.20.